The van der Waals surface area contributed by atoms with Gasteiger partial charge in [-0.25, -0.2) is 0 Å². The fraction of sp³-hybridized carbons (Fsp3) is 0.579. The highest BCUT2D eigenvalue weighted by molar-refractivity contribution is 6.30. The van der Waals surface area contributed by atoms with E-state index in [0.717, 1.165) is 24.8 Å². The highest BCUT2D eigenvalue weighted by Gasteiger charge is 2.46. The zero-order valence-electron chi connectivity index (χ0n) is 14.2. The fourth-order valence-electron chi connectivity index (χ4n) is 3.87. The van der Waals surface area contributed by atoms with Gasteiger partial charge in [0.2, 0.25) is 5.91 Å². The fourth-order valence-corrected chi connectivity index (χ4v) is 3.99. The first-order chi connectivity index (χ1) is 11.9. The Labute approximate surface area is 152 Å². The first-order valence-corrected chi connectivity index (χ1v) is 9.24. The number of aliphatic carboxylic acids is 1. The lowest BCUT2D eigenvalue weighted by Crippen LogP contribution is -2.46. The average Bonchev–Trinajstić information content (AvgIpc) is 2.58. The van der Waals surface area contributed by atoms with Crippen molar-refractivity contribution >= 4 is 23.5 Å². The number of carboxylic acids is 1. The Bertz CT molecular complexity index is 633. The molecule has 1 unspecified atom stereocenters. The number of halogens is 1. The Morgan fingerprint density at radius 2 is 1.80 bits per heavy atom. The zero-order valence-corrected chi connectivity index (χ0v) is 14.9. The third kappa shape index (κ3) is 3.82. The van der Waals surface area contributed by atoms with E-state index in [0.29, 0.717) is 31.0 Å². The topological polar surface area (TPSA) is 77.8 Å². The number of carbonyl (C=O) groups is 2. The molecule has 1 aliphatic carbocycles. The molecule has 1 amide bonds. The van der Waals surface area contributed by atoms with Gasteiger partial charge in [0.05, 0.1) is 11.5 Å². The van der Waals surface area contributed by atoms with Crippen molar-refractivity contribution in [2.45, 2.75) is 44.6 Å². The first kappa shape index (κ1) is 18.2. The number of amides is 1. The van der Waals surface area contributed by atoms with Crippen molar-refractivity contribution in [2.75, 3.05) is 13.1 Å². The summed E-state index contributed by atoms with van der Waals surface area (Å²) in [6.07, 6.45) is 3.05. The van der Waals surface area contributed by atoms with Gasteiger partial charge in [-0.05, 0) is 49.3 Å². The lowest BCUT2D eigenvalue weighted by atomic mass is 9.66. The second-order valence-electron chi connectivity index (χ2n) is 7.33. The summed E-state index contributed by atoms with van der Waals surface area (Å²) in [7, 11) is 0. The van der Waals surface area contributed by atoms with Crippen molar-refractivity contribution in [2.24, 2.45) is 11.3 Å². The third-order valence-electron chi connectivity index (χ3n) is 5.80. The van der Waals surface area contributed by atoms with Crippen LogP contribution in [0.5, 0.6) is 0 Å². The van der Waals surface area contributed by atoms with Gasteiger partial charge in [-0.3, -0.25) is 9.59 Å². The number of aliphatic hydroxyl groups excluding tert-OH is 1. The molecule has 0 spiro atoms. The van der Waals surface area contributed by atoms with Crippen LogP contribution in [0.3, 0.4) is 0 Å². The smallest absolute Gasteiger partial charge is 0.310 e. The normalized spacial score (nSPS) is 21.4. The molecule has 0 radical (unpaired) electrons. The standard InChI is InChI=1S/C19H24ClNO4/c20-15-4-2-13(3-5-15)17(23)14-6-10-21(11-7-14)16(22)12-19(18(24)25)8-1-9-19/h2-5,14,17,23H,1,6-12H2,(H,24,25). The number of benzene rings is 1. The van der Waals surface area contributed by atoms with Crippen LogP contribution in [0, 0.1) is 11.3 Å². The number of rotatable bonds is 5. The Morgan fingerprint density at radius 3 is 2.28 bits per heavy atom. The molecule has 1 heterocycles. The number of hydrogen-bond acceptors (Lipinski definition) is 3. The number of aliphatic hydroxyl groups is 1. The highest BCUT2D eigenvalue weighted by atomic mass is 35.5. The van der Waals surface area contributed by atoms with Crippen LogP contribution in [-0.2, 0) is 9.59 Å². The van der Waals surface area contributed by atoms with Gasteiger partial charge in [0.25, 0.3) is 0 Å². The molecule has 1 saturated heterocycles. The molecule has 1 aliphatic heterocycles. The molecule has 1 aromatic rings. The summed E-state index contributed by atoms with van der Waals surface area (Å²) >= 11 is 5.88. The van der Waals surface area contributed by atoms with Crippen molar-refractivity contribution in [1.29, 1.82) is 0 Å². The molecule has 2 N–H and O–H groups in total. The molecule has 136 valence electrons. The molecule has 2 aliphatic rings. The SMILES string of the molecule is O=C(CC1(C(=O)O)CCC1)N1CCC(C(O)c2ccc(Cl)cc2)CC1. The van der Waals surface area contributed by atoms with Crippen molar-refractivity contribution in [3.63, 3.8) is 0 Å². The van der Waals surface area contributed by atoms with Crippen molar-refractivity contribution in [3.05, 3.63) is 34.9 Å². The lowest BCUT2D eigenvalue weighted by Gasteiger charge is -2.40. The minimum Gasteiger partial charge on any atom is -0.481 e. The first-order valence-electron chi connectivity index (χ1n) is 8.86. The third-order valence-corrected chi connectivity index (χ3v) is 6.06. The molecule has 0 bridgehead atoms. The Kier molecular flexibility index (Phi) is 5.35. The Hall–Kier alpha value is -1.59. The molecule has 1 saturated carbocycles. The maximum absolute atomic E-state index is 12.5. The van der Waals surface area contributed by atoms with Gasteiger partial charge in [-0.2, -0.15) is 0 Å². The van der Waals surface area contributed by atoms with Crippen LogP contribution in [0.4, 0.5) is 0 Å². The van der Waals surface area contributed by atoms with Crippen LogP contribution in [0.2, 0.25) is 5.02 Å². The molecular weight excluding hydrogens is 342 g/mol. The van der Waals surface area contributed by atoms with E-state index in [9.17, 15) is 19.8 Å². The van der Waals surface area contributed by atoms with Crippen LogP contribution in [-0.4, -0.2) is 40.1 Å². The monoisotopic (exact) mass is 365 g/mol. The molecule has 2 fully saturated rings. The summed E-state index contributed by atoms with van der Waals surface area (Å²) in [6, 6.07) is 7.20. The Morgan fingerprint density at radius 1 is 1.20 bits per heavy atom. The second kappa shape index (κ2) is 7.34. The van der Waals surface area contributed by atoms with Gasteiger partial charge < -0.3 is 15.1 Å². The number of nitrogens with zero attached hydrogens (tertiary/aromatic N) is 1. The van der Waals surface area contributed by atoms with Gasteiger partial charge in [-0.1, -0.05) is 30.2 Å². The summed E-state index contributed by atoms with van der Waals surface area (Å²) in [5, 5.41) is 20.6. The number of hydrogen-bond donors (Lipinski definition) is 2. The van der Waals surface area contributed by atoms with E-state index in [1.54, 1.807) is 17.0 Å². The van der Waals surface area contributed by atoms with E-state index in [2.05, 4.69) is 0 Å². The summed E-state index contributed by atoms with van der Waals surface area (Å²) in [6.45, 7) is 1.15. The molecule has 0 aromatic heterocycles. The number of piperidine rings is 1. The van der Waals surface area contributed by atoms with E-state index in [-0.39, 0.29) is 18.2 Å². The molecular formula is C19H24ClNO4. The van der Waals surface area contributed by atoms with Gasteiger partial charge in [0.15, 0.2) is 0 Å². The van der Waals surface area contributed by atoms with Crippen LogP contribution >= 0.6 is 11.6 Å². The van der Waals surface area contributed by atoms with Crippen molar-refractivity contribution in [1.82, 2.24) is 4.90 Å². The maximum Gasteiger partial charge on any atom is 0.310 e. The minimum absolute atomic E-state index is 0.0680. The Balaban J connectivity index is 1.53. The average molecular weight is 366 g/mol. The summed E-state index contributed by atoms with van der Waals surface area (Å²) in [4.78, 5) is 25.7. The summed E-state index contributed by atoms with van der Waals surface area (Å²) in [5.41, 5.74) is 0.00463. The van der Waals surface area contributed by atoms with E-state index in [4.69, 9.17) is 11.6 Å². The number of carbonyl (C=O) groups excluding carboxylic acids is 1. The van der Waals surface area contributed by atoms with Crippen LogP contribution in [0.25, 0.3) is 0 Å². The van der Waals surface area contributed by atoms with Crippen molar-refractivity contribution < 1.29 is 19.8 Å². The second-order valence-corrected chi connectivity index (χ2v) is 7.77. The highest BCUT2D eigenvalue weighted by Crippen LogP contribution is 2.45. The summed E-state index contributed by atoms with van der Waals surface area (Å²) in [5.74, 6) is -0.816. The van der Waals surface area contributed by atoms with E-state index in [1.165, 1.54) is 0 Å². The molecule has 3 rings (SSSR count). The predicted molar refractivity (Wildman–Crippen MR) is 94.3 cm³/mol. The molecule has 6 heteroatoms. The molecule has 5 nitrogen and oxygen atoms in total. The predicted octanol–water partition coefficient (Wildman–Crippen LogP) is 3.26. The van der Waals surface area contributed by atoms with Gasteiger partial charge in [-0.15, -0.1) is 0 Å². The molecule has 1 aromatic carbocycles. The van der Waals surface area contributed by atoms with E-state index >= 15 is 0 Å². The summed E-state index contributed by atoms with van der Waals surface area (Å²) < 4.78 is 0. The lowest BCUT2D eigenvalue weighted by molar-refractivity contribution is -0.160. The molecule has 25 heavy (non-hydrogen) atoms. The maximum atomic E-state index is 12.5. The van der Waals surface area contributed by atoms with Gasteiger partial charge in [0.1, 0.15) is 0 Å². The van der Waals surface area contributed by atoms with Crippen LogP contribution in [0.15, 0.2) is 24.3 Å². The number of carboxylic acid groups (broad SMARTS) is 1. The van der Waals surface area contributed by atoms with Gasteiger partial charge >= 0.3 is 5.97 Å². The largest absolute Gasteiger partial charge is 0.481 e. The molecule has 1 atom stereocenters. The minimum atomic E-state index is -0.847. The van der Waals surface area contributed by atoms with E-state index < -0.39 is 17.5 Å². The van der Waals surface area contributed by atoms with Crippen molar-refractivity contribution in [3.8, 4) is 0 Å². The van der Waals surface area contributed by atoms with E-state index in [1.807, 2.05) is 12.1 Å². The van der Waals surface area contributed by atoms with Crippen LogP contribution in [0.1, 0.15) is 50.2 Å². The quantitative estimate of drug-likeness (QED) is 0.839. The van der Waals surface area contributed by atoms with Gasteiger partial charge in [0, 0.05) is 24.5 Å². The number of likely N-dealkylation sites (tertiary alicyclic amines) is 1. The van der Waals surface area contributed by atoms with Crippen LogP contribution < -0.4 is 0 Å². The zero-order chi connectivity index (χ0) is 18.0.